The van der Waals surface area contributed by atoms with Crippen LogP contribution in [0.4, 0.5) is 0 Å². The SMILES string of the molecule is c1ccc(-c2cc(-c3ccccc3)nc(-c3ccc(-n4c5ccccc5c5ccc6c7ccc8c(c7ccc6c54)c4ccccc4n8-c4ccccc4)cc3)c2)cc1. The van der Waals surface area contributed by atoms with Gasteiger partial charge in [0.05, 0.1) is 33.5 Å². The number of pyridine rings is 1. The van der Waals surface area contributed by atoms with Gasteiger partial charge in [0.25, 0.3) is 0 Å². The lowest BCUT2D eigenvalue weighted by atomic mass is 9.96. The van der Waals surface area contributed by atoms with Crippen LogP contribution < -0.4 is 0 Å². The van der Waals surface area contributed by atoms with E-state index >= 15 is 0 Å². The summed E-state index contributed by atoms with van der Waals surface area (Å²) in [6, 6.07) is 76.7. The highest BCUT2D eigenvalue weighted by Gasteiger charge is 2.19. The van der Waals surface area contributed by atoms with Gasteiger partial charge in [0.15, 0.2) is 0 Å². The van der Waals surface area contributed by atoms with E-state index < -0.39 is 0 Å². The van der Waals surface area contributed by atoms with Crippen LogP contribution in [0.15, 0.2) is 212 Å². The molecule has 0 spiro atoms. The van der Waals surface area contributed by atoms with E-state index in [4.69, 9.17) is 4.98 Å². The van der Waals surface area contributed by atoms with Crippen LogP contribution in [-0.2, 0) is 0 Å². The summed E-state index contributed by atoms with van der Waals surface area (Å²) < 4.78 is 4.85. The molecule has 3 heteroatoms. The number of benzene rings is 9. The summed E-state index contributed by atoms with van der Waals surface area (Å²) in [5.41, 5.74) is 13.5. The van der Waals surface area contributed by atoms with Crippen LogP contribution in [0.5, 0.6) is 0 Å². The molecule has 3 heterocycles. The second-order valence-electron chi connectivity index (χ2n) is 15.1. The summed E-state index contributed by atoms with van der Waals surface area (Å²) in [4.78, 5) is 5.21. The highest BCUT2D eigenvalue weighted by Crippen LogP contribution is 2.43. The number of aromatic nitrogens is 3. The minimum Gasteiger partial charge on any atom is -0.309 e. The number of hydrogen-bond acceptors (Lipinski definition) is 1. The van der Waals surface area contributed by atoms with Crippen molar-refractivity contribution in [3.8, 4) is 45.0 Å². The second kappa shape index (κ2) is 12.9. The van der Waals surface area contributed by atoms with E-state index in [1.54, 1.807) is 0 Å². The Kier molecular flexibility index (Phi) is 7.23. The van der Waals surface area contributed by atoms with E-state index in [0.29, 0.717) is 0 Å². The van der Waals surface area contributed by atoms with E-state index in [2.05, 4.69) is 221 Å². The van der Waals surface area contributed by atoms with E-state index in [1.165, 1.54) is 76.4 Å². The van der Waals surface area contributed by atoms with Crippen LogP contribution in [0.3, 0.4) is 0 Å². The average Bonchev–Trinajstić information content (AvgIpc) is 3.83. The Morgan fingerprint density at radius 1 is 0.276 bits per heavy atom. The first-order valence-corrected chi connectivity index (χ1v) is 19.9. The van der Waals surface area contributed by atoms with Gasteiger partial charge in [-0.05, 0) is 81.9 Å². The van der Waals surface area contributed by atoms with Crippen molar-refractivity contribution < 1.29 is 0 Å². The normalized spacial score (nSPS) is 11.8. The molecule has 12 aromatic rings. The Labute approximate surface area is 335 Å². The molecule has 0 N–H and O–H groups in total. The summed E-state index contributed by atoms with van der Waals surface area (Å²) in [6.45, 7) is 0. The molecule has 0 saturated heterocycles. The molecule has 0 bridgehead atoms. The van der Waals surface area contributed by atoms with Crippen molar-refractivity contribution in [2.75, 3.05) is 0 Å². The molecule has 3 aromatic heterocycles. The molecular weight excluding hydrogens is 703 g/mol. The fourth-order valence-corrected chi connectivity index (χ4v) is 9.29. The Hall–Kier alpha value is -7.75. The predicted molar refractivity (Wildman–Crippen MR) is 244 cm³/mol. The molecule has 58 heavy (non-hydrogen) atoms. The van der Waals surface area contributed by atoms with E-state index in [1.807, 2.05) is 0 Å². The van der Waals surface area contributed by atoms with Gasteiger partial charge in [-0.2, -0.15) is 0 Å². The molecule has 0 amide bonds. The predicted octanol–water partition coefficient (Wildman–Crippen LogP) is 14.6. The third-order valence-electron chi connectivity index (χ3n) is 11.9. The maximum absolute atomic E-state index is 5.21. The number of nitrogens with zero attached hydrogens (tertiary/aromatic N) is 3. The summed E-state index contributed by atoms with van der Waals surface area (Å²) in [6.07, 6.45) is 0. The van der Waals surface area contributed by atoms with E-state index in [0.717, 1.165) is 33.8 Å². The zero-order valence-corrected chi connectivity index (χ0v) is 31.5. The Morgan fingerprint density at radius 2 is 0.759 bits per heavy atom. The van der Waals surface area contributed by atoms with Gasteiger partial charge >= 0.3 is 0 Å². The van der Waals surface area contributed by atoms with Crippen molar-refractivity contribution >= 4 is 65.2 Å². The number of rotatable bonds is 5. The largest absolute Gasteiger partial charge is 0.309 e. The van der Waals surface area contributed by atoms with Crippen LogP contribution in [-0.4, -0.2) is 14.1 Å². The molecular formula is C55H35N3. The molecule has 0 unspecified atom stereocenters. The van der Waals surface area contributed by atoms with Crippen molar-refractivity contribution in [2.45, 2.75) is 0 Å². The maximum atomic E-state index is 5.21. The molecule has 0 aliphatic rings. The number of fused-ring (bicyclic) bond motifs is 11. The summed E-state index contributed by atoms with van der Waals surface area (Å²) in [7, 11) is 0. The molecule has 12 rings (SSSR count). The van der Waals surface area contributed by atoms with Crippen molar-refractivity contribution in [3.63, 3.8) is 0 Å². The van der Waals surface area contributed by atoms with Gasteiger partial charge in [-0.25, -0.2) is 4.98 Å². The van der Waals surface area contributed by atoms with E-state index in [9.17, 15) is 0 Å². The first kappa shape index (κ1) is 32.5. The van der Waals surface area contributed by atoms with Crippen LogP contribution in [0.25, 0.3) is 110 Å². The molecule has 0 aliphatic heterocycles. The van der Waals surface area contributed by atoms with Gasteiger partial charge in [-0.1, -0.05) is 158 Å². The number of hydrogen-bond donors (Lipinski definition) is 0. The topological polar surface area (TPSA) is 22.8 Å². The lowest BCUT2D eigenvalue weighted by Crippen LogP contribution is -1.96. The quantitative estimate of drug-likeness (QED) is 0.161. The lowest BCUT2D eigenvalue weighted by molar-refractivity contribution is 1.18. The highest BCUT2D eigenvalue weighted by molar-refractivity contribution is 6.29. The minimum atomic E-state index is 0.950. The fourth-order valence-electron chi connectivity index (χ4n) is 9.29. The standard InChI is InChI=1S/C55H35N3/c1-4-14-36(15-5-1)39-34-49(37-16-6-2-7-17-37)56-50(35-39)38-24-26-41(27-25-38)58-51-22-12-10-20-44(51)47-30-28-43-42-32-33-53-54(45(42)29-31-46(43)55(47)58)48-21-11-13-23-52(48)57(53)40-18-8-3-9-19-40/h1-35H. The van der Waals surface area contributed by atoms with Gasteiger partial charge in [0, 0.05) is 49.4 Å². The lowest BCUT2D eigenvalue weighted by Gasteiger charge is -2.13. The van der Waals surface area contributed by atoms with Crippen LogP contribution in [0, 0.1) is 0 Å². The van der Waals surface area contributed by atoms with Gasteiger partial charge in [0.2, 0.25) is 0 Å². The molecule has 0 fully saturated rings. The molecule has 0 atom stereocenters. The van der Waals surface area contributed by atoms with Crippen molar-refractivity contribution in [1.29, 1.82) is 0 Å². The second-order valence-corrected chi connectivity index (χ2v) is 15.1. The van der Waals surface area contributed by atoms with Crippen LogP contribution in [0.1, 0.15) is 0 Å². The zero-order chi connectivity index (χ0) is 38.2. The first-order chi connectivity index (χ1) is 28.8. The van der Waals surface area contributed by atoms with Crippen molar-refractivity contribution in [2.24, 2.45) is 0 Å². The molecule has 0 radical (unpaired) electrons. The highest BCUT2D eigenvalue weighted by atomic mass is 15.0. The fraction of sp³-hybridized carbons (Fsp3) is 0. The molecule has 0 saturated carbocycles. The molecule has 270 valence electrons. The smallest absolute Gasteiger partial charge is 0.0715 e. The van der Waals surface area contributed by atoms with Crippen LogP contribution in [0.2, 0.25) is 0 Å². The van der Waals surface area contributed by atoms with Gasteiger partial charge in [-0.15, -0.1) is 0 Å². The monoisotopic (exact) mass is 737 g/mol. The molecule has 3 nitrogen and oxygen atoms in total. The Balaban J connectivity index is 1.05. The molecule has 9 aromatic carbocycles. The Bertz CT molecular complexity index is 3470. The van der Waals surface area contributed by atoms with Gasteiger partial charge in [-0.3, -0.25) is 0 Å². The third-order valence-corrected chi connectivity index (χ3v) is 11.9. The van der Waals surface area contributed by atoms with E-state index in [-0.39, 0.29) is 0 Å². The Morgan fingerprint density at radius 3 is 1.47 bits per heavy atom. The average molecular weight is 738 g/mol. The summed E-state index contributed by atoms with van der Waals surface area (Å²) >= 11 is 0. The zero-order valence-electron chi connectivity index (χ0n) is 31.5. The maximum Gasteiger partial charge on any atom is 0.0715 e. The van der Waals surface area contributed by atoms with Gasteiger partial charge < -0.3 is 9.13 Å². The first-order valence-electron chi connectivity index (χ1n) is 19.9. The summed E-state index contributed by atoms with van der Waals surface area (Å²) in [5, 5.41) is 10.1. The minimum absolute atomic E-state index is 0.950. The van der Waals surface area contributed by atoms with Crippen molar-refractivity contribution in [3.05, 3.63) is 212 Å². The van der Waals surface area contributed by atoms with Crippen molar-refractivity contribution in [1.82, 2.24) is 14.1 Å². The van der Waals surface area contributed by atoms with Gasteiger partial charge in [0.1, 0.15) is 0 Å². The number of para-hydroxylation sites is 3. The third kappa shape index (κ3) is 4.97. The molecule has 0 aliphatic carbocycles. The van der Waals surface area contributed by atoms with Crippen LogP contribution >= 0.6 is 0 Å². The summed E-state index contributed by atoms with van der Waals surface area (Å²) in [5.74, 6) is 0.